The quantitative estimate of drug-likeness (QED) is 0.310. The lowest BCUT2D eigenvalue weighted by Crippen LogP contribution is -2.42. The summed E-state index contributed by atoms with van der Waals surface area (Å²) >= 11 is 0. The number of hydrogen-bond acceptors (Lipinski definition) is 5. The molecule has 146 valence electrons. The van der Waals surface area contributed by atoms with Gasteiger partial charge < -0.3 is 30.4 Å². The molecule has 0 aliphatic heterocycles. The van der Waals surface area contributed by atoms with E-state index in [4.69, 9.17) is 9.15 Å². The molecule has 1 rings (SSSR count). The number of ether oxygens (including phenoxy) is 1. The van der Waals surface area contributed by atoms with Gasteiger partial charge in [0.25, 0.3) is 5.91 Å². The van der Waals surface area contributed by atoms with Gasteiger partial charge in [-0.2, -0.15) is 0 Å². The minimum Gasteiger partial charge on any atom is -0.459 e. The topological polar surface area (TPSA) is 117 Å². The van der Waals surface area contributed by atoms with E-state index < -0.39 is 11.7 Å². The third kappa shape index (κ3) is 9.55. The lowest BCUT2D eigenvalue weighted by molar-refractivity contribution is 0.0528. The number of carbonyl (C=O) groups is 2. The summed E-state index contributed by atoms with van der Waals surface area (Å²) in [6.45, 7) is 9.76. The summed E-state index contributed by atoms with van der Waals surface area (Å²) in [5.41, 5.74) is -0.520. The molecule has 1 aromatic rings. The summed E-state index contributed by atoms with van der Waals surface area (Å²) in [6, 6.07) is 3.26. The minimum absolute atomic E-state index is 0.271. The molecule has 0 saturated carbocycles. The molecule has 9 nitrogen and oxygen atoms in total. The van der Waals surface area contributed by atoms with E-state index in [2.05, 4.69) is 26.3 Å². The van der Waals surface area contributed by atoms with E-state index in [1.807, 2.05) is 27.7 Å². The highest BCUT2D eigenvalue weighted by atomic mass is 16.6. The van der Waals surface area contributed by atoms with Crippen LogP contribution in [0.2, 0.25) is 0 Å². The van der Waals surface area contributed by atoms with Crippen molar-refractivity contribution in [2.75, 3.05) is 32.7 Å². The van der Waals surface area contributed by atoms with Crippen LogP contribution >= 0.6 is 0 Å². The van der Waals surface area contributed by atoms with E-state index in [0.29, 0.717) is 38.7 Å². The van der Waals surface area contributed by atoms with Crippen LogP contribution in [0.15, 0.2) is 27.8 Å². The number of carbonyl (C=O) groups excluding carboxylic acids is 2. The smallest absolute Gasteiger partial charge is 0.407 e. The third-order valence-corrected chi connectivity index (χ3v) is 2.84. The van der Waals surface area contributed by atoms with Gasteiger partial charge in [-0.25, -0.2) is 4.79 Å². The molecular formula is C17H29N5O4. The summed E-state index contributed by atoms with van der Waals surface area (Å²) in [5.74, 6) is 0.600. The molecular weight excluding hydrogens is 338 g/mol. The molecule has 0 unspecified atom stereocenters. The molecule has 9 heteroatoms. The number of hydrogen-bond donors (Lipinski definition) is 4. The highest BCUT2D eigenvalue weighted by molar-refractivity contribution is 5.91. The Balaban J connectivity index is 2.26. The summed E-state index contributed by atoms with van der Waals surface area (Å²) in [5, 5.41) is 11.6. The van der Waals surface area contributed by atoms with Gasteiger partial charge in [-0.3, -0.25) is 9.79 Å². The average Bonchev–Trinajstić information content (AvgIpc) is 3.08. The van der Waals surface area contributed by atoms with Crippen LogP contribution in [0.5, 0.6) is 0 Å². The fourth-order valence-electron chi connectivity index (χ4n) is 1.83. The maximum atomic E-state index is 11.7. The van der Waals surface area contributed by atoms with Crippen molar-refractivity contribution >= 4 is 18.0 Å². The van der Waals surface area contributed by atoms with Crippen LogP contribution in [-0.2, 0) is 4.74 Å². The predicted molar refractivity (Wildman–Crippen MR) is 99.3 cm³/mol. The van der Waals surface area contributed by atoms with E-state index in [9.17, 15) is 9.59 Å². The molecule has 1 aromatic heterocycles. The van der Waals surface area contributed by atoms with Crippen molar-refractivity contribution in [2.24, 2.45) is 4.99 Å². The Bertz CT molecular complexity index is 578. The molecule has 4 N–H and O–H groups in total. The van der Waals surface area contributed by atoms with Gasteiger partial charge in [-0.1, -0.05) is 0 Å². The van der Waals surface area contributed by atoms with Crippen LogP contribution in [-0.4, -0.2) is 56.3 Å². The van der Waals surface area contributed by atoms with Gasteiger partial charge in [0, 0.05) is 26.2 Å². The number of nitrogens with zero attached hydrogens (tertiary/aromatic N) is 1. The maximum Gasteiger partial charge on any atom is 0.407 e. The number of aliphatic imine (C=N–C) groups is 1. The van der Waals surface area contributed by atoms with Crippen LogP contribution in [0.4, 0.5) is 4.79 Å². The SMILES string of the molecule is CCNC(=NCCNC(=O)c1ccco1)NCCNC(=O)OC(C)(C)C. The zero-order chi connectivity index (χ0) is 19.4. The van der Waals surface area contributed by atoms with Crippen molar-refractivity contribution in [3.63, 3.8) is 0 Å². The third-order valence-electron chi connectivity index (χ3n) is 2.84. The first-order valence-corrected chi connectivity index (χ1v) is 8.62. The standard InChI is InChI=1S/C17H29N5O4/c1-5-18-15(21-10-11-22-16(24)26-17(2,3)4)20-9-8-19-14(23)13-7-6-12-25-13/h6-7,12H,5,8-11H2,1-4H3,(H,19,23)(H,22,24)(H2,18,20,21). The highest BCUT2D eigenvalue weighted by Crippen LogP contribution is 2.05. The first-order valence-electron chi connectivity index (χ1n) is 8.62. The van der Waals surface area contributed by atoms with Crippen molar-refractivity contribution < 1.29 is 18.7 Å². The second kappa shape index (κ2) is 11.0. The van der Waals surface area contributed by atoms with Gasteiger partial charge in [0.1, 0.15) is 5.60 Å². The molecule has 0 bridgehead atoms. The largest absolute Gasteiger partial charge is 0.459 e. The van der Waals surface area contributed by atoms with Crippen molar-refractivity contribution in [1.82, 2.24) is 21.3 Å². The molecule has 0 saturated heterocycles. The van der Waals surface area contributed by atoms with Gasteiger partial charge in [0.2, 0.25) is 0 Å². The maximum absolute atomic E-state index is 11.7. The zero-order valence-electron chi connectivity index (χ0n) is 15.8. The molecule has 0 spiro atoms. The Morgan fingerprint density at radius 2 is 1.85 bits per heavy atom. The van der Waals surface area contributed by atoms with E-state index in [1.165, 1.54) is 6.26 Å². The Morgan fingerprint density at radius 1 is 1.12 bits per heavy atom. The Hall–Kier alpha value is -2.71. The Kier molecular flexibility index (Phi) is 9.04. The van der Waals surface area contributed by atoms with Gasteiger partial charge >= 0.3 is 6.09 Å². The summed E-state index contributed by atoms with van der Waals surface area (Å²) < 4.78 is 10.2. The Morgan fingerprint density at radius 3 is 2.46 bits per heavy atom. The molecule has 2 amide bonds. The summed E-state index contributed by atoms with van der Waals surface area (Å²) in [6.07, 6.45) is 0.993. The number of furan rings is 1. The first kappa shape index (κ1) is 21.3. The predicted octanol–water partition coefficient (Wildman–Crippen LogP) is 1.09. The molecule has 1 heterocycles. The fourth-order valence-corrected chi connectivity index (χ4v) is 1.83. The molecule has 0 atom stereocenters. The minimum atomic E-state index is -0.520. The molecule has 26 heavy (non-hydrogen) atoms. The van der Waals surface area contributed by atoms with Gasteiger partial charge in [-0.05, 0) is 39.8 Å². The second-order valence-corrected chi connectivity index (χ2v) is 6.35. The van der Waals surface area contributed by atoms with E-state index in [-0.39, 0.29) is 11.7 Å². The fraction of sp³-hybridized carbons (Fsp3) is 0.588. The van der Waals surface area contributed by atoms with Crippen molar-refractivity contribution in [3.8, 4) is 0 Å². The van der Waals surface area contributed by atoms with Crippen molar-refractivity contribution in [3.05, 3.63) is 24.2 Å². The normalized spacial score (nSPS) is 11.6. The van der Waals surface area contributed by atoms with Crippen molar-refractivity contribution in [1.29, 1.82) is 0 Å². The second-order valence-electron chi connectivity index (χ2n) is 6.35. The molecule has 0 radical (unpaired) electrons. The highest BCUT2D eigenvalue weighted by Gasteiger charge is 2.15. The summed E-state index contributed by atoms with van der Waals surface area (Å²) in [4.78, 5) is 27.6. The lowest BCUT2D eigenvalue weighted by atomic mass is 10.2. The molecule has 0 fully saturated rings. The number of rotatable bonds is 8. The molecule has 0 aromatic carbocycles. The van der Waals surface area contributed by atoms with E-state index in [0.717, 1.165) is 0 Å². The van der Waals surface area contributed by atoms with Crippen molar-refractivity contribution in [2.45, 2.75) is 33.3 Å². The number of alkyl carbamates (subject to hydrolysis) is 1. The number of nitrogens with one attached hydrogen (secondary N) is 4. The van der Waals surface area contributed by atoms with Crippen LogP contribution in [0.3, 0.4) is 0 Å². The number of amides is 2. The van der Waals surface area contributed by atoms with Crippen LogP contribution < -0.4 is 21.3 Å². The van der Waals surface area contributed by atoms with E-state index >= 15 is 0 Å². The molecule has 0 aliphatic rings. The Labute approximate surface area is 154 Å². The first-order chi connectivity index (χ1) is 12.3. The zero-order valence-corrected chi connectivity index (χ0v) is 15.8. The van der Waals surface area contributed by atoms with Crippen LogP contribution in [0.25, 0.3) is 0 Å². The average molecular weight is 367 g/mol. The van der Waals surface area contributed by atoms with E-state index in [1.54, 1.807) is 12.1 Å². The van der Waals surface area contributed by atoms with Crippen LogP contribution in [0, 0.1) is 0 Å². The number of guanidine groups is 1. The lowest BCUT2D eigenvalue weighted by Gasteiger charge is -2.19. The van der Waals surface area contributed by atoms with Gasteiger partial charge in [-0.15, -0.1) is 0 Å². The van der Waals surface area contributed by atoms with Crippen LogP contribution in [0.1, 0.15) is 38.2 Å². The van der Waals surface area contributed by atoms with Gasteiger partial charge in [0.15, 0.2) is 11.7 Å². The monoisotopic (exact) mass is 367 g/mol. The molecule has 0 aliphatic carbocycles. The van der Waals surface area contributed by atoms with Gasteiger partial charge in [0.05, 0.1) is 12.8 Å². The summed E-state index contributed by atoms with van der Waals surface area (Å²) in [7, 11) is 0.